The molecule has 1 nitrogen and oxygen atoms in total. The van der Waals surface area contributed by atoms with Crippen molar-refractivity contribution in [3.8, 4) is 0 Å². The van der Waals surface area contributed by atoms with Gasteiger partial charge in [0.2, 0.25) is 0 Å². The lowest BCUT2D eigenvalue weighted by atomic mass is 9.67. The molecule has 0 heterocycles. The van der Waals surface area contributed by atoms with Crippen molar-refractivity contribution in [1.29, 1.82) is 0 Å². The van der Waals surface area contributed by atoms with Gasteiger partial charge in [-0.05, 0) is 56.5 Å². The molecule has 3 atom stereocenters. The zero-order chi connectivity index (χ0) is 11.2. The van der Waals surface area contributed by atoms with E-state index in [4.69, 9.17) is 0 Å². The van der Waals surface area contributed by atoms with E-state index in [9.17, 15) is 0 Å². The fourth-order valence-corrected chi connectivity index (χ4v) is 3.76. The van der Waals surface area contributed by atoms with Gasteiger partial charge in [0.05, 0.1) is 0 Å². The van der Waals surface area contributed by atoms with Crippen molar-refractivity contribution in [1.82, 2.24) is 5.32 Å². The SMILES string of the molecule is CCCCNCC1CCC2CCCCC2C1. The molecule has 0 aromatic heterocycles. The van der Waals surface area contributed by atoms with Crippen LogP contribution in [-0.2, 0) is 0 Å². The first-order valence-corrected chi connectivity index (χ1v) is 7.61. The summed E-state index contributed by atoms with van der Waals surface area (Å²) in [5.41, 5.74) is 0. The highest BCUT2D eigenvalue weighted by Crippen LogP contribution is 2.42. The van der Waals surface area contributed by atoms with E-state index in [-0.39, 0.29) is 0 Å². The molecule has 0 aromatic rings. The number of unbranched alkanes of at least 4 members (excludes halogenated alkanes) is 1. The maximum Gasteiger partial charge on any atom is -0.00204 e. The third-order valence-corrected chi connectivity index (χ3v) is 4.79. The Bertz CT molecular complexity index is 190. The van der Waals surface area contributed by atoms with Crippen LogP contribution in [0.25, 0.3) is 0 Å². The zero-order valence-corrected chi connectivity index (χ0v) is 11.0. The van der Waals surface area contributed by atoms with Crippen molar-refractivity contribution in [2.75, 3.05) is 13.1 Å². The minimum atomic E-state index is 0.996. The summed E-state index contributed by atoms with van der Waals surface area (Å²) in [5.74, 6) is 3.21. The highest BCUT2D eigenvalue weighted by molar-refractivity contribution is 4.83. The topological polar surface area (TPSA) is 12.0 Å². The number of rotatable bonds is 5. The van der Waals surface area contributed by atoms with Crippen molar-refractivity contribution >= 4 is 0 Å². The average Bonchev–Trinajstić information content (AvgIpc) is 2.34. The van der Waals surface area contributed by atoms with Crippen LogP contribution in [-0.4, -0.2) is 13.1 Å². The van der Waals surface area contributed by atoms with Crippen LogP contribution in [0.3, 0.4) is 0 Å². The van der Waals surface area contributed by atoms with E-state index in [1.54, 1.807) is 6.42 Å². The summed E-state index contributed by atoms with van der Waals surface area (Å²) in [4.78, 5) is 0. The van der Waals surface area contributed by atoms with Crippen LogP contribution in [0.5, 0.6) is 0 Å². The van der Waals surface area contributed by atoms with Gasteiger partial charge in [-0.1, -0.05) is 39.0 Å². The van der Waals surface area contributed by atoms with Crippen LogP contribution in [0.4, 0.5) is 0 Å². The molecule has 0 aliphatic heterocycles. The quantitative estimate of drug-likeness (QED) is 0.695. The Morgan fingerprint density at radius 2 is 1.81 bits per heavy atom. The molecule has 0 spiro atoms. The lowest BCUT2D eigenvalue weighted by Gasteiger charge is -2.39. The Hall–Kier alpha value is -0.0400. The predicted octanol–water partition coefficient (Wildman–Crippen LogP) is 3.98. The lowest BCUT2D eigenvalue weighted by molar-refractivity contribution is 0.129. The minimum Gasteiger partial charge on any atom is -0.316 e. The van der Waals surface area contributed by atoms with Gasteiger partial charge < -0.3 is 5.32 Å². The van der Waals surface area contributed by atoms with Crippen LogP contribution in [0, 0.1) is 17.8 Å². The summed E-state index contributed by atoms with van der Waals surface area (Å²) >= 11 is 0. The second-order valence-corrected chi connectivity index (χ2v) is 6.04. The molecular weight excluding hydrogens is 194 g/mol. The predicted molar refractivity (Wildman–Crippen MR) is 70.6 cm³/mol. The number of hydrogen-bond donors (Lipinski definition) is 1. The van der Waals surface area contributed by atoms with E-state index >= 15 is 0 Å². The summed E-state index contributed by atoms with van der Waals surface area (Å²) in [7, 11) is 0. The minimum absolute atomic E-state index is 0.996. The first kappa shape index (κ1) is 12.4. The van der Waals surface area contributed by atoms with Crippen molar-refractivity contribution in [3.05, 3.63) is 0 Å². The van der Waals surface area contributed by atoms with Crippen LogP contribution < -0.4 is 5.32 Å². The van der Waals surface area contributed by atoms with Gasteiger partial charge >= 0.3 is 0 Å². The Labute approximate surface area is 101 Å². The molecule has 2 fully saturated rings. The maximum absolute atomic E-state index is 3.65. The average molecular weight is 223 g/mol. The van der Waals surface area contributed by atoms with Gasteiger partial charge in [-0.25, -0.2) is 0 Å². The van der Waals surface area contributed by atoms with Crippen LogP contribution in [0.15, 0.2) is 0 Å². The van der Waals surface area contributed by atoms with E-state index < -0.39 is 0 Å². The summed E-state index contributed by atoms with van der Waals surface area (Å²) in [6, 6.07) is 0. The molecule has 2 aliphatic carbocycles. The smallest absolute Gasteiger partial charge is 0.00204 e. The molecule has 0 amide bonds. The summed E-state index contributed by atoms with van der Waals surface area (Å²) in [6.07, 6.45) is 13.3. The molecule has 94 valence electrons. The second-order valence-electron chi connectivity index (χ2n) is 6.04. The maximum atomic E-state index is 3.65. The molecular formula is C15H29N. The van der Waals surface area contributed by atoms with Gasteiger partial charge in [0.25, 0.3) is 0 Å². The van der Waals surface area contributed by atoms with Crippen molar-refractivity contribution in [2.24, 2.45) is 17.8 Å². The zero-order valence-electron chi connectivity index (χ0n) is 11.0. The molecule has 0 saturated heterocycles. The molecule has 1 N–H and O–H groups in total. The van der Waals surface area contributed by atoms with Crippen LogP contribution in [0.2, 0.25) is 0 Å². The molecule has 0 aromatic carbocycles. The third-order valence-electron chi connectivity index (χ3n) is 4.79. The normalized spacial score (nSPS) is 34.7. The first-order valence-electron chi connectivity index (χ1n) is 7.61. The first-order chi connectivity index (χ1) is 7.90. The van der Waals surface area contributed by atoms with E-state index in [1.165, 1.54) is 64.5 Å². The van der Waals surface area contributed by atoms with Gasteiger partial charge in [0.15, 0.2) is 0 Å². The van der Waals surface area contributed by atoms with E-state index in [2.05, 4.69) is 12.2 Å². The van der Waals surface area contributed by atoms with Crippen LogP contribution >= 0.6 is 0 Å². The summed E-state index contributed by atoms with van der Waals surface area (Å²) in [6.45, 7) is 4.80. The highest BCUT2D eigenvalue weighted by Gasteiger charge is 2.31. The molecule has 16 heavy (non-hydrogen) atoms. The van der Waals surface area contributed by atoms with E-state index in [0.717, 1.165) is 17.8 Å². The van der Waals surface area contributed by atoms with Gasteiger partial charge in [-0.15, -0.1) is 0 Å². The Morgan fingerprint density at radius 3 is 2.62 bits per heavy atom. The number of hydrogen-bond acceptors (Lipinski definition) is 1. The number of fused-ring (bicyclic) bond motifs is 1. The molecule has 2 saturated carbocycles. The fourth-order valence-electron chi connectivity index (χ4n) is 3.76. The van der Waals surface area contributed by atoms with E-state index in [1.807, 2.05) is 0 Å². The third kappa shape index (κ3) is 3.48. The van der Waals surface area contributed by atoms with E-state index in [0.29, 0.717) is 0 Å². The Morgan fingerprint density at radius 1 is 1.00 bits per heavy atom. The number of nitrogens with one attached hydrogen (secondary N) is 1. The summed E-state index contributed by atoms with van der Waals surface area (Å²) < 4.78 is 0. The molecule has 0 bridgehead atoms. The molecule has 0 radical (unpaired) electrons. The van der Waals surface area contributed by atoms with Gasteiger partial charge in [0, 0.05) is 0 Å². The van der Waals surface area contributed by atoms with Gasteiger partial charge in [-0.3, -0.25) is 0 Å². The van der Waals surface area contributed by atoms with Crippen molar-refractivity contribution in [2.45, 2.75) is 64.7 Å². The Balaban J connectivity index is 1.65. The molecule has 2 aliphatic rings. The van der Waals surface area contributed by atoms with Crippen LogP contribution in [0.1, 0.15) is 64.7 Å². The molecule has 1 heteroatoms. The van der Waals surface area contributed by atoms with Crippen molar-refractivity contribution in [3.63, 3.8) is 0 Å². The van der Waals surface area contributed by atoms with Gasteiger partial charge in [0.1, 0.15) is 0 Å². The van der Waals surface area contributed by atoms with Gasteiger partial charge in [-0.2, -0.15) is 0 Å². The summed E-state index contributed by atoms with van der Waals surface area (Å²) in [5, 5.41) is 3.65. The lowest BCUT2D eigenvalue weighted by Crippen LogP contribution is -2.33. The molecule has 3 unspecified atom stereocenters. The molecule has 2 rings (SSSR count). The van der Waals surface area contributed by atoms with Crippen molar-refractivity contribution < 1.29 is 0 Å². The standard InChI is InChI=1S/C15H29N/c1-2-3-10-16-12-13-8-9-14-6-4-5-7-15(14)11-13/h13-16H,2-12H2,1H3. The Kier molecular flexibility index (Phi) is 5.15. The highest BCUT2D eigenvalue weighted by atomic mass is 14.9. The largest absolute Gasteiger partial charge is 0.316 e. The fraction of sp³-hybridized carbons (Fsp3) is 1.00. The second kappa shape index (κ2) is 6.64. The monoisotopic (exact) mass is 223 g/mol.